The minimum absolute atomic E-state index is 0.0575. The second-order valence-corrected chi connectivity index (χ2v) is 9.82. The molecule has 0 saturated carbocycles. The molecule has 1 aliphatic heterocycles. The molecule has 0 fully saturated rings. The molecule has 196 valence electrons. The van der Waals surface area contributed by atoms with Gasteiger partial charge in [0.05, 0.1) is 35.5 Å². The first-order valence-electron chi connectivity index (χ1n) is 11.8. The molecule has 3 atom stereocenters. The van der Waals surface area contributed by atoms with E-state index in [1.54, 1.807) is 47.5 Å². The summed E-state index contributed by atoms with van der Waals surface area (Å²) in [5, 5.41) is 0. The van der Waals surface area contributed by atoms with Crippen molar-refractivity contribution in [3.05, 3.63) is 57.2 Å². The third-order valence-corrected chi connectivity index (χ3v) is 7.75. The van der Waals surface area contributed by atoms with Crippen LogP contribution in [0.3, 0.4) is 0 Å². The average molecular weight is 572 g/mol. The Morgan fingerprint density at radius 2 is 1.51 bits per heavy atom. The van der Waals surface area contributed by atoms with Crippen molar-refractivity contribution < 1.29 is 33.3 Å². The van der Waals surface area contributed by atoms with Crippen LogP contribution in [0, 0.1) is 5.92 Å². The lowest BCUT2D eigenvalue weighted by Gasteiger charge is -2.37. The smallest absolute Gasteiger partial charge is 0.315 e. The van der Waals surface area contributed by atoms with Gasteiger partial charge in [0.25, 0.3) is 0 Å². The summed E-state index contributed by atoms with van der Waals surface area (Å²) < 4.78 is 27.7. The molecule has 1 aliphatic carbocycles. The number of benzene rings is 2. The van der Waals surface area contributed by atoms with E-state index in [9.17, 15) is 9.59 Å². The minimum Gasteiger partial charge on any atom is -0.493 e. The zero-order valence-electron chi connectivity index (χ0n) is 21.7. The van der Waals surface area contributed by atoms with E-state index in [0.717, 1.165) is 11.1 Å². The highest BCUT2D eigenvalue weighted by atomic mass is 79.9. The predicted octanol–water partition coefficient (Wildman–Crippen LogP) is 5.23. The van der Waals surface area contributed by atoms with Crippen LogP contribution in [-0.4, -0.2) is 53.0 Å². The van der Waals surface area contributed by atoms with Crippen molar-refractivity contribution in [3.63, 3.8) is 0 Å². The number of methoxy groups -OCH3 is 5. The lowest BCUT2D eigenvalue weighted by Crippen LogP contribution is -2.38. The number of nitrogens with zero attached hydrogens (tertiary/aromatic N) is 1. The van der Waals surface area contributed by atoms with Gasteiger partial charge in [0.15, 0.2) is 28.8 Å². The molecule has 0 bridgehead atoms. The molecule has 2 aromatic carbocycles. The van der Waals surface area contributed by atoms with Gasteiger partial charge in [0, 0.05) is 33.8 Å². The summed E-state index contributed by atoms with van der Waals surface area (Å²) in [6, 6.07) is 9.28. The van der Waals surface area contributed by atoms with Gasteiger partial charge in [0.2, 0.25) is 0 Å². The summed E-state index contributed by atoms with van der Waals surface area (Å²) in [6.07, 6.45) is 0.821. The van der Waals surface area contributed by atoms with Crippen molar-refractivity contribution in [2.24, 2.45) is 10.9 Å². The highest BCUT2D eigenvalue weighted by Crippen LogP contribution is 2.50. The van der Waals surface area contributed by atoms with Gasteiger partial charge in [-0.2, -0.15) is 0 Å². The molecular weight excluding hydrogens is 542 g/mol. The maximum atomic E-state index is 13.8. The monoisotopic (exact) mass is 571 g/mol. The molecule has 9 heteroatoms. The van der Waals surface area contributed by atoms with Gasteiger partial charge in [-0.3, -0.25) is 14.6 Å². The van der Waals surface area contributed by atoms with E-state index in [0.29, 0.717) is 50.9 Å². The minimum atomic E-state index is -0.750. The van der Waals surface area contributed by atoms with E-state index in [1.807, 2.05) is 18.2 Å². The molecule has 0 amide bonds. The summed E-state index contributed by atoms with van der Waals surface area (Å²) >= 11 is 3.63. The van der Waals surface area contributed by atoms with Crippen LogP contribution in [-0.2, 0) is 14.3 Å². The molecular formula is C28H30BrNO7. The van der Waals surface area contributed by atoms with Crippen molar-refractivity contribution in [3.8, 4) is 23.0 Å². The zero-order chi connectivity index (χ0) is 26.9. The Labute approximate surface area is 224 Å². The molecule has 0 aromatic heterocycles. The third-order valence-electron chi connectivity index (χ3n) is 7.06. The molecule has 8 nitrogen and oxygen atoms in total. The normalized spacial score (nSPS) is 21.1. The van der Waals surface area contributed by atoms with E-state index in [-0.39, 0.29) is 18.1 Å². The molecule has 2 aromatic rings. The van der Waals surface area contributed by atoms with Crippen LogP contribution in [0.2, 0.25) is 0 Å². The number of rotatable bonds is 7. The number of aliphatic imine (C=N–C) groups is 1. The fraction of sp³-hybridized carbons (Fsp3) is 0.393. The van der Waals surface area contributed by atoms with E-state index in [1.165, 1.54) is 7.11 Å². The van der Waals surface area contributed by atoms with E-state index in [2.05, 4.69) is 15.9 Å². The van der Waals surface area contributed by atoms with Crippen molar-refractivity contribution in [2.45, 2.75) is 31.6 Å². The lowest BCUT2D eigenvalue weighted by atomic mass is 9.69. The number of halogens is 1. The zero-order valence-corrected chi connectivity index (χ0v) is 23.3. The Kier molecular flexibility index (Phi) is 7.92. The molecule has 4 rings (SSSR count). The molecule has 0 N–H and O–H groups in total. The van der Waals surface area contributed by atoms with Gasteiger partial charge in [-0.05, 0) is 54.7 Å². The molecule has 0 radical (unpaired) electrons. The van der Waals surface area contributed by atoms with Gasteiger partial charge in [-0.15, -0.1) is 0 Å². The summed E-state index contributed by atoms with van der Waals surface area (Å²) in [4.78, 5) is 31.6. The van der Waals surface area contributed by atoms with Crippen LogP contribution in [0.4, 0.5) is 0 Å². The maximum absolute atomic E-state index is 13.8. The van der Waals surface area contributed by atoms with Crippen molar-refractivity contribution in [2.75, 3.05) is 35.5 Å². The fourth-order valence-electron chi connectivity index (χ4n) is 5.28. The van der Waals surface area contributed by atoms with Crippen molar-refractivity contribution in [1.82, 2.24) is 0 Å². The van der Waals surface area contributed by atoms with Gasteiger partial charge in [0.1, 0.15) is 5.92 Å². The van der Waals surface area contributed by atoms with Crippen molar-refractivity contribution >= 4 is 33.4 Å². The Bertz CT molecular complexity index is 1300. The Hall–Kier alpha value is -3.33. The Morgan fingerprint density at radius 1 is 0.892 bits per heavy atom. The quantitative estimate of drug-likeness (QED) is 0.420. The number of hydrogen-bond donors (Lipinski definition) is 0. The van der Waals surface area contributed by atoms with Crippen molar-refractivity contribution in [1.29, 1.82) is 0 Å². The lowest BCUT2D eigenvalue weighted by molar-refractivity contribution is -0.143. The molecule has 0 spiro atoms. The van der Waals surface area contributed by atoms with E-state index >= 15 is 0 Å². The summed E-state index contributed by atoms with van der Waals surface area (Å²) in [7, 11) is 7.61. The SMILES string of the molecule is COC(=O)C1C(C)=NC2=C(C(=O)C[C@H](c3ccc(OC)c(OC)c3)C2)[C@H]1c1cc(OC)c(OC)cc1Br. The largest absolute Gasteiger partial charge is 0.493 e. The molecule has 0 saturated heterocycles. The molecule has 1 unspecified atom stereocenters. The van der Waals surface area contributed by atoms with Gasteiger partial charge < -0.3 is 23.7 Å². The summed E-state index contributed by atoms with van der Waals surface area (Å²) in [5.74, 6) is 0.323. The Morgan fingerprint density at radius 3 is 2.14 bits per heavy atom. The number of carbonyl (C=O) groups excluding carboxylic acids is 2. The number of ketones is 1. The topological polar surface area (TPSA) is 92.7 Å². The molecule has 2 aliphatic rings. The van der Waals surface area contributed by atoms with Gasteiger partial charge in [-0.25, -0.2) is 0 Å². The number of esters is 1. The average Bonchev–Trinajstić information content (AvgIpc) is 2.91. The number of hydrogen-bond acceptors (Lipinski definition) is 8. The number of carbonyl (C=O) groups is 2. The summed E-state index contributed by atoms with van der Waals surface area (Å²) in [5.41, 5.74) is 3.50. The Balaban J connectivity index is 1.84. The highest BCUT2D eigenvalue weighted by molar-refractivity contribution is 9.10. The number of allylic oxidation sites excluding steroid dienone is 2. The first-order valence-corrected chi connectivity index (χ1v) is 12.6. The highest BCUT2D eigenvalue weighted by Gasteiger charge is 2.45. The van der Waals surface area contributed by atoms with Gasteiger partial charge in [-0.1, -0.05) is 22.0 Å². The molecule has 37 heavy (non-hydrogen) atoms. The number of ether oxygens (including phenoxy) is 5. The van der Waals surface area contributed by atoms with Crippen LogP contribution >= 0.6 is 15.9 Å². The standard InChI is InChI=1S/C28H30BrNO7/c1-14-25(28(32)37-6)26(17-12-23(35-4)24(36-5)13-18(17)29)27-19(30-14)9-16(10-20(27)31)15-7-8-21(33-2)22(11-15)34-3/h7-8,11-13,16,25-26H,9-10H2,1-6H3/t16-,25?,26+/m1/s1. The van der Waals surface area contributed by atoms with Gasteiger partial charge >= 0.3 is 5.97 Å². The fourth-order valence-corrected chi connectivity index (χ4v) is 5.85. The van der Waals surface area contributed by atoms with E-state index in [4.69, 9.17) is 28.7 Å². The third kappa shape index (κ3) is 4.84. The van der Waals surface area contributed by atoms with Crippen LogP contribution < -0.4 is 18.9 Å². The van der Waals surface area contributed by atoms with Crippen LogP contribution in [0.5, 0.6) is 23.0 Å². The summed E-state index contributed by atoms with van der Waals surface area (Å²) in [6.45, 7) is 1.80. The predicted molar refractivity (Wildman–Crippen MR) is 142 cm³/mol. The maximum Gasteiger partial charge on any atom is 0.315 e. The number of Topliss-reactive ketones (excluding diaryl/α,β-unsaturated/α-hetero) is 1. The van der Waals surface area contributed by atoms with Crippen LogP contribution in [0.1, 0.15) is 42.7 Å². The first kappa shape index (κ1) is 26.7. The van der Waals surface area contributed by atoms with Crippen LogP contribution in [0.15, 0.2) is 51.1 Å². The molecule has 1 heterocycles. The second kappa shape index (κ2) is 11.0. The van der Waals surface area contributed by atoms with E-state index < -0.39 is 17.8 Å². The first-order chi connectivity index (χ1) is 17.8. The van der Waals surface area contributed by atoms with Crippen LogP contribution in [0.25, 0.3) is 0 Å². The second-order valence-electron chi connectivity index (χ2n) is 8.96.